The number of unbranched alkanes of at least 4 members (excludes halogenated alkanes) is 2. The summed E-state index contributed by atoms with van der Waals surface area (Å²) in [5.41, 5.74) is 7.03. The second-order valence-corrected chi connectivity index (χ2v) is 18.1. The minimum atomic E-state index is -1.07. The molecular formula is C40H70N10O10S. The van der Waals surface area contributed by atoms with Gasteiger partial charge in [-0.25, -0.2) is 10.3 Å². The molecule has 61 heavy (non-hydrogen) atoms. The third kappa shape index (κ3) is 19.7. The van der Waals surface area contributed by atoms with Gasteiger partial charge in [0, 0.05) is 36.3 Å². The number of hydrogen-bond acceptors (Lipinski definition) is 11. The van der Waals surface area contributed by atoms with Crippen molar-refractivity contribution in [3.05, 3.63) is 0 Å². The maximum atomic E-state index is 13.5. The lowest BCUT2D eigenvalue weighted by Crippen LogP contribution is -2.56. The van der Waals surface area contributed by atoms with Gasteiger partial charge in [-0.2, -0.15) is 11.8 Å². The third-order valence-electron chi connectivity index (χ3n) is 10.7. The van der Waals surface area contributed by atoms with E-state index in [1.807, 2.05) is 46.4 Å². The van der Waals surface area contributed by atoms with E-state index in [9.17, 15) is 43.2 Å². The first-order valence-electron chi connectivity index (χ1n) is 21.5. The number of urea groups is 1. The van der Waals surface area contributed by atoms with Crippen LogP contribution in [0.4, 0.5) is 4.79 Å². The van der Waals surface area contributed by atoms with Crippen LogP contribution in [-0.2, 0) is 38.4 Å². The number of carbonyl (C=O) groups is 9. The lowest BCUT2D eigenvalue weighted by Gasteiger charge is -2.28. The SMILES string of the molecule is CCC(C)C(CC(=O)NO)C(=O)N[C@@H](CC(C)C)C(=O)N[C@@H](CC(C)C)C(=O)NCC(=O)NCC(=O)N[C@@H](CCCCNC(=O)CCCC[C@@H]1SC[C@@H]2NC(=O)N[C@@H]21)C(N)=O. The zero-order chi connectivity index (χ0) is 45.6. The minimum Gasteiger partial charge on any atom is -0.368 e. The zero-order valence-corrected chi connectivity index (χ0v) is 37.3. The van der Waals surface area contributed by atoms with E-state index in [0.29, 0.717) is 37.5 Å². The van der Waals surface area contributed by atoms with Crippen molar-refractivity contribution in [1.82, 2.24) is 48.0 Å². The molecule has 2 aliphatic heterocycles. The van der Waals surface area contributed by atoms with Gasteiger partial charge in [0.1, 0.15) is 18.1 Å². The highest BCUT2D eigenvalue weighted by Gasteiger charge is 2.42. The molecule has 0 aromatic rings. The number of hydroxylamine groups is 1. The van der Waals surface area contributed by atoms with E-state index < -0.39 is 78.5 Å². The van der Waals surface area contributed by atoms with Gasteiger partial charge in [0.05, 0.1) is 25.2 Å². The smallest absolute Gasteiger partial charge is 0.315 e. The van der Waals surface area contributed by atoms with Crippen LogP contribution in [0.25, 0.3) is 0 Å². The highest BCUT2D eigenvalue weighted by molar-refractivity contribution is 8.00. The lowest BCUT2D eigenvalue weighted by molar-refractivity contribution is -0.138. The molecular weight excluding hydrogens is 813 g/mol. The summed E-state index contributed by atoms with van der Waals surface area (Å²) in [6.07, 6.45) is 4.89. The summed E-state index contributed by atoms with van der Waals surface area (Å²) in [5.74, 6) is -5.01. The van der Waals surface area contributed by atoms with E-state index in [1.165, 1.54) is 0 Å². The van der Waals surface area contributed by atoms with Gasteiger partial charge in [-0.05, 0) is 62.7 Å². The normalized spacial score (nSPS) is 19.2. The molecule has 2 saturated heterocycles. The van der Waals surface area contributed by atoms with E-state index >= 15 is 0 Å². The van der Waals surface area contributed by atoms with Crippen LogP contribution in [0.15, 0.2) is 0 Å². The van der Waals surface area contributed by atoms with Gasteiger partial charge in [0.2, 0.25) is 47.3 Å². The third-order valence-corrected chi connectivity index (χ3v) is 12.3. The van der Waals surface area contributed by atoms with Crippen molar-refractivity contribution in [2.24, 2.45) is 29.4 Å². The molecule has 2 rings (SSSR count). The van der Waals surface area contributed by atoms with Gasteiger partial charge >= 0.3 is 6.03 Å². The molecule has 0 radical (unpaired) electrons. The Morgan fingerprint density at radius 2 is 1.38 bits per heavy atom. The first-order valence-corrected chi connectivity index (χ1v) is 22.5. The lowest BCUT2D eigenvalue weighted by atomic mass is 9.87. The Balaban J connectivity index is 1.76. The number of primary amides is 1. The molecule has 12 N–H and O–H groups in total. The fourth-order valence-electron chi connectivity index (χ4n) is 7.17. The molecule has 10 amide bonds. The summed E-state index contributed by atoms with van der Waals surface area (Å²) in [6.45, 7) is 10.4. The van der Waals surface area contributed by atoms with E-state index in [1.54, 1.807) is 12.4 Å². The number of amides is 10. The summed E-state index contributed by atoms with van der Waals surface area (Å²) < 4.78 is 0. The van der Waals surface area contributed by atoms with Crippen LogP contribution in [0.5, 0.6) is 0 Å². The topological polar surface area (TPSA) is 308 Å². The zero-order valence-electron chi connectivity index (χ0n) is 36.5. The molecule has 0 bridgehead atoms. The van der Waals surface area contributed by atoms with E-state index in [4.69, 9.17) is 10.9 Å². The van der Waals surface area contributed by atoms with Crippen LogP contribution in [0.2, 0.25) is 0 Å². The van der Waals surface area contributed by atoms with Crippen LogP contribution in [0.1, 0.15) is 112 Å². The average Bonchev–Trinajstić information content (AvgIpc) is 3.76. The van der Waals surface area contributed by atoms with E-state index in [2.05, 4.69) is 42.5 Å². The molecule has 0 spiro atoms. The predicted octanol–water partition coefficient (Wildman–Crippen LogP) is -0.179. The van der Waals surface area contributed by atoms with Crippen molar-refractivity contribution in [3.63, 3.8) is 0 Å². The van der Waals surface area contributed by atoms with E-state index in [0.717, 1.165) is 25.0 Å². The second-order valence-electron chi connectivity index (χ2n) is 16.8. The van der Waals surface area contributed by atoms with Crippen molar-refractivity contribution < 1.29 is 48.4 Å². The summed E-state index contributed by atoms with van der Waals surface area (Å²) in [6, 6.07) is -2.91. The van der Waals surface area contributed by atoms with Crippen molar-refractivity contribution >= 4 is 65.1 Å². The molecule has 0 aromatic carbocycles. The summed E-state index contributed by atoms with van der Waals surface area (Å²) >= 11 is 1.84. The highest BCUT2D eigenvalue weighted by Crippen LogP contribution is 2.33. The van der Waals surface area contributed by atoms with Gasteiger partial charge in [0.25, 0.3) is 0 Å². The van der Waals surface area contributed by atoms with Gasteiger partial charge < -0.3 is 48.3 Å². The maximum absolute atomic E-state index is 13.5. The first-order chi connectivity index (χ1) is 28.8. The molecule has 0 aromatic heterocycles. The van der Waals surface area contributed by atoms with Crippen molar-refractivity contribution in [2.45, 2.75) is 148 Å². The van der Waals surface area contributed by atoms with Crippen LogP contribution >= 0.6 is 11.8 Å². The quantitative estimate of drug-likeness (QED) is 0.0203. The Hall–Kier alpha value is -4.66. The van der Waals surface area contributed by atoms with Gasteiger partial charge in [-0.15, -0.1) is 0 Å². The van der Waals surface area contributed by atoms with Crippen LogP contribution in [-0.4, -0.2) is 119 Å². The molecule has 0 aliphatic carbocycles. The monoisotopic (exact) mass is 882 g/mol. The van der Waals surface area contributed by atoms with Crippen molar-refractivity contribution in [2.75, 3.05) is 25.4 Å². The molecule has 2 heterocycles. The maximum Gasteiger partial charge on any atom is 0.315 e. The van der Waals surface area contributed by atoms with Crippen LogP contribution in [0.3, 0.4) is 0 Å². The Morgan fingerprint density at radius 1 is 0.738 bits per heavy atom. The predicted molar refractivity (Wildman–Crippen MR) is 228 cm³/mol. The number of carbonyl (C=O) groups excluding carboxylic acids is 9. The summed E-state index contributed by atoms with van der Waals surface area (Å²) in [5, 5.41) is 30.9. The standard InChI is InChI=1S/C40H70N10O10S/c1-7-24(6)25(18-32(52)50-60)37(56)46-28(17-23(4)5)39(58)47-27(16-22(2)3)38(57)44-19-33(53)43-20-34(54)45-26(36(41)55)12-10-11-15-42-31(51)14-9-8-13-30-35-29(21-61-30)48-40(59)49-35/h22-30,35,60H,7-21H2,1-6H3,(H2,41,55)(H,42,51)(H,43,53)(H,44,57)(H,45,54)(H,46,56)(H,47,58)(H,50,52)(H2,48,49,59)/t24?,25?,26-,27-,28-,29-,30-,35-/m0/s1. The van der Waals surface area contributed by atoms with Crippen LogP contribution < -0.4 is 53.7 Å². The number of hydrogen-bond donors (Lipinski definition) is 11. The number of thioether (sulfide) groups is 1. The summed E-state index contributed by atoms with van der Waals surface area (Å²) in [4.78, 5) is 113. The van der Waals surface area contributed by atoms with Crippen molar-refractivity contribution in [3.8, 4) is 0 Å². The number of rotatable bonds is 29. The molecule has 346 valence electrons. The summed E-state index contributed by atoms with van der Waals surface area (Å²) in [7, 11) is 0. The highest BCUT2D eigenvalue weighted by atomic mass is 32.2. The molecule has 0 saturated carbocycles. The minimum absolute atomic E-state index is 0.0331. The van der Waals surface area contributed by atoms with E-state index in [-0.39, 0.29) is 67.5 Å². The average molecular weight is 883 g/mol. The fraction of sp³-hybridized carbons (Fsp3) is 0.775. The van der Waals surface area contributed by atoms with Crippen LogP contribution in [0, 0.1) is 23.7 Å². The molecule has 20 nitrogen and oxygen atoms in total. The number of fused-ring (bicyclic) bond motifs is 1. The van der Waals surface area contributed by atoms with Gasteiger partial charge in [-0.1, -0.05) is 54.4 Å². The molecule has 21 heteroatoms. The molecule has 2 aliphatic rings. The Kier molecular flexibility index (Phi) is 23.5. The van der Waals surface area contributed by atoms with Gasteiger partial charge in [0.15, 0.2) is 0 Å². The number of nitrogens with two attached hydrogens (primary N) is 1. The fourth-order valence-corrected chi connectivity index (χ4v) is 8.71. The molecule has 2 unspecified atom stereocenters. The number of nitrogens with one attached hydrogen (secondary N) is 9. The van der Waals surface area contributed by atoms with Crippen molar-refractivity contribution in [1.29, 1.82) is 0 Å². The molecule has 2 fully saturated rings. The molecule has 8 atom stereocenters. The largest absolute Gasteiger partial charge is 0.368 e. The first kappa shape index (κ1) is 52.5. The Labute approximate surface area is 363 Å². The van der Waals surface area contributed by atoms with Gasteiger partial charge in [-0.3, -0.25) is 43.6 Å². The Bertz CT molecular complexity index is 1520. The second kappa shape index (κ2) is 27.3. The Morgan fingerprint density at radius 3 is 2.00 bits per heavy atom.